The van der Waals surface area contributed by atoms with E-state index < -0.39 is 0 Å². The van der Waals surface area contributed by atoms with Gasteiger partial charge in [0.1, 0.15) is 0 Å². The number of benzene rings is 6. The van der Waals surface area contributed by atoms with Crippen LogP contribution in [0.3, 0.4) is 0 Å². The van der Waals surface area contributed by atoms with Crippen molar-refractivity contribution in [2.24, 2.45) is 0 Å². The van der Waals surface area contributed by atoms with Gasteiger partial charge in [-0.05, 0) is 95.9 Å². The van der Waals surface area contributed by atoms with Crippen molar-refractivity contribution in [3.8, 4) is 33.6 Å². The molecule has 50 heavy (non-hydrogen) atoms. The summed E-state index contributed by atoms with van der Waals surface area (Å²) in [4.78, 5) is 4.77. The first-order chi connectivity index (χ1) is 24.7. The lowest BCUT2D eigenvalue weighted by Gasteiger charge is -2.12. The molecule has 0 N–H and O–H groups in total. The average Bonchev–Trinajstić information content (AvgIpc) is 3.80. The minimum absolute atomic E-state index is 1.08. The number of hydrogen-bond acceptors (Lipinski definition) is 1. The average molecular weight is 644 g/mol. The van der Waals surface area contributed by atoms with Crippen molar-refractivity contribution >= 4 is 55.3 Å². The second-order valence-electron chi connectivity index (χ2n) is 12.7. The Balaban J connectivity index is 0.00000165. The van der Waals surface area contributed by atoms with Crippen molar-refractivity contribution in [2.75, 3.05) is 0 Å². The number of nitrogens with zero attached hydrogens (tertiary/aromatic N) is 3. The van der Waals surface area contributed by atoms with E-state index in [1.54, 1.807) is 0 Å². The quantitative estimate of drug-likeness (QED) is 0.188. The van der Waals surface area contributed by atoms with Crippen LogP contribution in [0.5, 0.6) is 0 Å². The Morgan fingerprint density at radius 2 is 1.16 bits per heavy atom. The number of hydrogen-bond donors (Lipinski definition) is 0. The zero-order valence-electron chi connectivity index (χ0n) is 28.8. The SMILES string of the molecule is C/C=c1/c(-n2c3ccccc3c3ccc(-c4ccc5c(c4)c4ccccc4n5-c4ccccc4)cc32)ccc2c1=C(C)c1ncccc1-2.CC. The maximum Gasteiger partial charge on any atom is 0.0743 e. The van der Waals surface area contributed by atoms with Gasteiger partial charge in [-0.1, -0.05) is 105 Å². The number of fused-ring (bicyclic) bond motifs is 9. The largest absolute Gasteiger partial charge is 0.309 e. The van der Waals surface area contributed by atoms with Gasteiger partial charge in [-0.15, -0.1) is 0 Å². The fourth-order valence-electron chi connectivity index (χ4n) is 8.18. The van der Waals surface area contributed by atoms with Gasteiger partial charge in [-0.25, -0.2) is 0 Å². The van der Waals surface area contributed by atoms with E-state index in [9.17, 15) is 0 Å². The summed E-state index contributed by atoms with van der Waals surface area (Å²) in [5.74, 6) is 0. The normalized spacial score (nSPS) is 12.5. The lowest BCUT2D eigenvalue weighted by atomic mass is 10.0. The van der Waals surface area contributed by atoms with E-state index >= 15 is 0 Å². The van der Waals surface area contributed by atoms with Crippen LogP contribution >= 0.6 is 0 Å². The highest BCUT2D eigenvalue weighted by Crippen LogP contribution is 2.38. The zero-order valence-corrected chi connectivity index (χ0v) is 28.8. The van der Waals surface area contributed by atoms with Crippen LogP contribution < -0.4 is 10.4 Å². The fourth-order valence-corrected chi connectivity index (χ4v) is 8.18. The molecular formula is C47H37N3. The Morgan fingerprint density at radius 3 is 1.94 bits per heavy atom. The molecule has 240 valence electrons. The minimum atomic E-state index is 1.08. The highest BCUT2D eigenvalue weighted by Gasteiger charge is 2.22. The predicted octanol–water partition coefficient (Wildman–Crippen LogP) is 11.0. The van der Waals surface area contributed by atoms with Gasteiger partial charge in [0.05, 0.1) is 33.4 Å². The Kier molecular flexibility index (Phi) is 7.03. The highest BCUT2D eigenvalue weighted by molar-refractivity contribution is 6.12. The summed E-state index contributed by atoms with van der Waals surface area (Å²) in [6.45, 7) is 8.37. The first kappa shape index (κ1) is 29.9. The lowest BCUT2D eigenvalue weighted by molar-refractivity contribution is 1.15. The van der Waals surface area contributed by atoms with Gasteiger partial charge in [0.25, 0.3) is 0 Å². The summed E-state index contributed by atoms with van der Waals surface area (Å²) < 4.78 is 4.84. The van der Waals surface area contributed by atoms with Crippen molar-refractivity contribution in [3.05, 3.63) is 162 Å². The van der Waals surface area contributed by atoms with Gasteiger partial charge >= 0.3 is 0 Å². The van der Waals surface area contributed by atoms with E-state index in [4.69, 9.17) is 4.98 Å². The van der Waals surface area contributed by atoms with E-state index in [1.165, 1.54) is 93.3 Å². The second-order valence-corrected chi connectivity index (χ2v) is 12.7. The molecule has 3 heteroatoms. The van der Waals surface area contributed by atoms with Crippen molar-refractivity contribution in [3.63, 3.8) is 0 Å². The monoisotopic (exact) mass is 643 g/mol. The van der Waals surface area contributed by atoms with Crippen molar-refractivity contribution < 1.29 is 0 Å². The molecule has 1 aliphatic carbocycles. The zero-order chi connectivity index (χ0) is 33.9. The maximum absolute atomic E-state index is 4.77. The first-order valence-electron chi connectivity index (χ1n) is 17.6. The van der Waals surface area contributed by atoms with Crippen LogP contribution in [0.15, 0.2) is 146 Å². The van der Waals surface area contributed by atoms with E-state index in [0.717, 1.165) is 5.69 Å². The molecule has 10 rings (SSSR count). The Morgan fingerprint density at radius 1 is 0.520 bits per heavy atom. The molecule has 6 aromatic carbocycles. The van der Waals surface area contributed by atoms with E-state index in [1.807, 2.05) is 26.1 Å². The predicted molar refractivity (Wildman–Crippen MR) is 213 cm³/mol. The summed E-state index contributed by atoms with van der Waals surface area (Å²) in [6.07, 6.45) is 4.17. The number of aromatic nitrogens is 3. The van der Waals surface area contributed by atoms with Gasteiger partial charge in [-0.3, -0.25) is 4.98 Å². The summed E-state index contributed by atoms with van der Waals surface area (Å²) in [5, 5.41) is 7.56. The molecular weight excluding hydrogens is 607 g/mol. The van der Waals surface area contributed by atoms with E-state index in [2.05, 4.69) is 163 Å². The molecule has 0 saturated carbocycles. The molecule has 3 aromatic heterocycles. The molecule has 0 spiro atoms. The fraction of sp³-hybridized carbons (Fsp3) is 0.0851. The summed E-state index contributed by atoms with van der Waals surface area (Å²) in [6, 6.07) is 50.9. The molecule has 3 heterocycles. The number of rotatable bonds is 3. The maximum atomic E-state index is 4.77. The molecule has 0 aliphatic heterocycles. The third kappa shape index (κ3) is 4.26. The van der Waals surface area contributed by atoms with Crippen LogP contribution in [-0.2, 0) is 0 Å². The van der Waals surface area contributed by atoms with E-state index in [-0.39, 0.29) is 0 Å². The molecule has 1 aliphatic rings. The minimum Gasteiger partial charge on any atom is -0.309 e. The molecule has 0 saturated heterocycles. The second kappa shape index (κ2) is 11.7. The highest BCUT2D eigenvalue weighted by atomic mass is 15.0. The van der Waals surface area contributed by atoms with Crippen LogP contribution in [0.25, 0.3) is 88.9 Å². The Hall–Kier alpha value is -6.19. The smallest absolute Gasteiger partial charge is 0.0743 e. The van der Waals surface area contributed by atoms with Crippen molar-refractivity contribution in [1.82, 2.24) is 14.1 Å². The Labute approximate surface area is 291 Å². The van der Waals surface area contributed by atoms with Gasteiger partial charge in [0.15, 0.2) is 0 Å². The molecule has 0 bridgehead atoms. The van der Waals surface area contributed by atoms with Crippen molar-refractivity contribution in [2.45, 2.75) is 27.7 Å². The summed E-state index contributed by atoms with van der Waals surface area (Å²) in [5.41, 5.74) is 14.4. The third-order valence-corrected chi connectivity index (χ3v) is 10.3. The van der Waals surface area contributed by atoms with Crippen LogP contribution in [0.4, 0.5) is 0 Å². The van der Waals surface area contributed by atoms with Crippen LogP contribution in [0.2, 0.25) is 0 Å². The third-order valence-electron chi connectivity index (χ3n) is 10.3. The molecule has 0 amide bonds. The van der Waals surface area contributed by atoms with Crippen molar-refractivity contribution in [1.29, 1.82) is 0 Å². The summed E-state index contributed by atoms with van der Waals surface area (Å²) >= 11 is 0. The van der Waals surface area contributed by atoms with Crippen LogP contribution in [-0.4, -0.2) is 14.1 Å². The van der Waals surface area contributed by atoms with Gasteiger partial charge in [-0.2, -0.15) is 0 Å². The molecule has 0 fully saturated rings. The van der Waals surface area contributed by atoms with Crippen LogP contribution in [0.1, 0.15) is 33.4 Å². The molecule has 0 atom stereocenters. The van der Waals surface area contributed by atoms with Crippen LogP contribution in [0, 0.1) is 0 Å². The summed E-state index contributed by atoms with van der Waals surface area (Å²) in [7, 11) is 0. The standard InChI is InChI=1S/C45H31N3.C2H6/c1-3-32-41(24-22-36-37-16-11-25-46-45(37)28(2)44(32)36)48-40-18-10-7-14-33(40)35-21-19-30(27-43(35)48)29-20-23-42-38(26-29)34-15-8-9-17-39(34)47(42)31-12-5-4-6-13-31;1-2/h3-27H,1-2H3;1-2H3/b32-3-;. The lowest BCUT2D eigenvalue weighted by Crippen LogP contribution is -2.30. The number of pyridine rings is 1. The first-order valence-corrected chi connectivity index (χ1v) is 17.6. The van der Waals surface area contributed by atoms with E-state index in [0.29, 0.717) is 0 Å². The molecule has 3 nitrogen and oxygen atoms in total. The van der Waals surface area contributed by atoms with Gasteiger partial charge < -0.3 is 9.13 Å². The number of para-hydroxylation sites is 3. The molecule has 0 unspecified atom stereocenters. The topological polar surface area (TPSA) is 22.8 Å². The Bertz CT molecular complexity index is 2900. The van der Waals surface area contributed by atoms with Gasteiger partial charge in [0.2, 0.25) is 0 Å². The molecule has 0 radical (unpaired) electrons. The van der Waals surface area contributed by atoms with Gasteiger partial charge in [0, 0.05) is 44.2 Å². The molecule has 9 aromatic rings.